The fourth-order valence-corrected chi connectivity index (χ4v) is 1.29. The highest BCUT2D eigenvalue weighted by Crippen LogP contribution is 2.16. The summed E-state index contributed by atoms with van der Waals surface area (Å²) in [4.78, 5) is 10.6. The van der Waals surface area contributed by atoms with Gasteiger partial charge in [-0.15, -0.1) is 0 Å². The van der Waals surface area contributed by atoms with Gasteiger partial charge in [0.15, 0.2) is 0 Å². The number of benzene rings is 1. The Balaban J connectivity index is 3.31. The molecule has 0 saturated heterocycles. The van der Waals surface area contributed by atoms with Crippen molar-refractivity contribution in [3.63, 3.8) is 0 Å². The first-order valence-corrected chi connectivity index (χ1v) is 4.08. The summed E-state index contributed by atoms with van der Waals surface area (Å²) < 4.78 is 13.2. The molecule has 0 bridgehead atoms. The van der Waals surface area contributed by atoms with Crippen molar-refractivity contribution in [3.05, 3.63) is 34.6 Å². The van der Waals surface area contributed by atoms with Crippen LogP contribution >= 0.6 is 0 Å². The van der Waals surface area contributed by atoms with Crippen molar-refractivity contribution >= 4 is 5.97 Å². The van der Waals surface area contributed by atoms with E-state index in [1.54, 1.807) is 13.0 Å². The zero-order valence-corrected chi connectivity index (χ0v) is 7.60. The maximum absolute atomic E-state index is 13.2. The Morgan fingerprint density at radius 2 is 2.15 bits per heavy atom. The van der Waals surface area contributed by atoms with Gasteiger partial charge >= 0.3 is 5.97 Å². The lowest BCUT2D eigenvalue weighted by Gasteiger charge is -2.04. The van der Waals surface area contributed by atoms with E-state index in [1.165, 1.54) is 6.07 Å². The molecule has 3 heteroatoms. The van der Waals surface area contributed by atoms with Crippen LogP contribution in [0, 0.1) is 12.7 Å². The number of carbonyl (C=O) groups is 1. The van der Waals surface area contributed by atoms with Crippen LogP contribution < -0.4 is 0 Å². The van der Waals surface area contributed by atoms with E-state index in [0.717, 1.165) is 5.56 Å². The van der Waals surface area contributed by atoms with E-state index in [-0.39, 0.29) is 5.56 Å². The molecule has 0 spiro atoms. The second-order valence-electron chi connectivity index (χ2n) is 2.93. The van der Waals surface area contributed by atoms with Crippen LogP contribution in [0.4, 0.5) is 4.39 Å². The minimum Gasteiger partial charge on any atom is -0.478 e. The van der Waals surface area contributed by atoms with E-state index in [9.17, 15) is 9.18 Å². The van der Waals surface area contributed by atoms with Gasteiger partial charge in [-0.25, -0.2) is 9.18 Å². The molecule has 0 aromatic heterocycles. The highest BCUT2D eigenvalue weighted by atomic mass is 19.1. The van der Waals surface area contributed by atoms with E-state index in [0.29, 0.717) is 12.0 Å². The molecule has 1 N–H and O–H groups in total. The molecule has 1 rings (SSSR count). The first-order chi connectivity index (χ1) is 6.06. The lowest BCUT2D eigenvalue weighted by Crippen LogP contribution is -2.04. The van der Waals surface area contributed by atoms with Gasteiger partial charge < -0.3 is 5.11 Å². The first-order valence-electron chi connectivity index (χ1n) is 4.08. The molecule has 0 aliphatic rings. The number of halogens is 1. The van der Waals surface area contributed by atoms with Crippen LogP contribution in [-0.4, -0.2) is 11.1 Å². The third-order valence-corrected chi connectivity index (χ3v) is 1.97. The van der Waals surface area contributed by atoms with Crippen molar-refractivity contribution in [2.75, 3.05) is 0 Å². The molecule has 2 nitrogen and oxygen atoms in total. The summed E-state index contributed by atoms with van der Waals surface area (Å²) in [5.74, 6) is -1.86. The molecule has 1 aromatic rings. The third-order valence-electron chi connectivity index (χ3n) is 1.97. The van der Waals surface area contributed by atoms with Crippen LogP contribution in [0.15, 0.2) is 12.1 Å². The summed E-state index contributed by atoms with van der Waals surface area (Å²) in [6, 6.07) is 2.98. The van der Waals surface area contributed by atoms with E-state index in [2.05, 4.69) is 0 Å². The van der Waals surface area contributed by atoms with Crippen molar-refractivity contribution in [2.45, 2.75) is 20.3 Å². The molecule has 0 atom stereocenters. The van der Waals surface area contributed by atoms with E-state index in [4.69, 9.17) is 5.11 Å². The summed E-state index contributed by atoms with van der Waals surface area (Å²) in [5.41, 5.74) is 1.07. The Labute approximate surface area is 76.0 Å². The van der Waals surface area contributed by atoms with Crippen LogP contribution in [0.2, 0.25) is 0 Å². The van der Waals surface area contributed by atoms with Gasteiger partial charge in [-0.3, -0.25) is 0 Å². The molecule has 0 amide bonds. The summed E-state index contributed by atoms with van der Waals surface area (Å²) in [6.07, 6.45) is 0.706. The predicted molar refractivity (Wildman–Crippen MR) is 47.5 cm³/mol. The van der Waals surface area contributed by atoms with Crippen molar-refractivity contribution in [3.8, 4) is 0 Å². The summed E-state index contributed by atoms with van der Waals surface area (Å²) in [7, 11) is 0. The van der Waals surface area contributed by atoms with Crippen LogP contribution in [-0.2, 0) is 6.42 Å². The minimum atomic E-state index is -1.21. The Morgan fingerprint density at radius 1 is 1.54 bits per heavy atom. The Morgan fingerprint density at radius 3 is 2.54 bits per heavy atom. The number of carboxylic acid groups (broad SMARTS) is 1. The van der Waals surface area contributed by atoms with E-state index < -0.39 is 11.8 Å². The van der Waals surface area contributed by atoms with Crippen molar-refractivity contribution in [1.29, 1.82) is 0 Å². The average Bonchev–Trinajstić information content (AvgIpc) is 2.02. The van der Waals surface area contributed by atoms with Gasteiger partial charge in [0.25, 0.3) is 0 Å². The smallest absolute Gasteiger partial charge is 0.338 e. The normalized spacial score (nSPS) is 10.1. The van der Waals surface area contributed by atoms with Crippen molar-refractivity contribution in [1.82, 2.24) is 0 Å². The molecule has 0 aliphatic carbocycles. The lowest BCUT2D eigenvalue weighted by atomic mass is 10.0. The molecule has 0 unspecified atom stereocenters. The number of aromatic carboxylic acids is 1. The predicted octanol–water partition coefficient (Wildman–Crippen LogP) is 2.39. The molecular weight excluding hydrogens is 171 g/mol. The monoisotopic (exact) mass is 182 g/mol. The molecule has 70 valence electrons. The highest BCUT2D eigenvalue weighted by molar-refractivity contribution is 5.89. The van der Waals surface area contributed by atoms with Crippen LogP contribution in [0.3, 0.4) is 0 Å². The first kappa shape index (κ1) is 9.71. The fourth-order valence-electron chi connectivity index (χ4n) is 1.29. The Bertz CT molecular complexity index is 322. The Kier molecular flexibility index (Phi) is 2.66. The molecule has 0 heterocycles. The zero-order chi connectivity index (χ0) is 10.0. The van der Waals surface area contributed by atoms with Gasteiger partial charge in [-0.2, -0.15) is 0 Å². The molecule has 0 saturated carbocycles. The highest BCUT2D eigenvalue weighted by Gasteiger charge is 2.13. The number of carboxylic acids is 1. The minimum absolute atomic E-state index is 0.225. The van der Waals surface area contributed by atoms with Crippen molar-refractivity contribution in [2.24, 2.45) is 0 Å². The largest absolute Gasteiger partial charge is 0.478 e. The standard InChI is InChI=1S/C10H11FO2/c1-3-7-4-6(2)9(10(12)13)8(11)5-7/h4-5H,3H2,1-2H3,(H,12,13). The molecule has 1 aromatic carbocycles. The maximum atomic E-state index is 13.2. The van der Waals surface area contributed by atoms with Gasteiger partial charge in [-0.1, -0.05) is 13.0 Å². The quantitative estimate of drug-likeness (QED) is 0.762. The average molecular weight is 182 g/mol. The molecule has 0 aliphatic heterocycles. The van der Waals surface area contributed by atoms with Crippen LogP contribution in [0.25, 0.3) is 0 Å². The zero-order valence-electron chi connectivity index (χ0n) is 7.60. The number of hydrogen-bond acceptors (Lipinski definition) is 1. The van der Waals surface area contributed by atoms with Crippen molar-refractivity contribution < 1.29 is 14.3 Å². The number of rotatable bonds is 2. The van der Waals surface area contributed by atoms with E-state index >= 15 is 0 Å². The molecule has 0 radical (unpaired) electrons. The van der Waals surface area contributed by atoms with Gasteiger partial charge in [0, 0.05) is 0 Å². The van der Waals surface area contributed by atoms with Gasteiger partial charge in [0.2, 0.25) is 0 Å². The summed E-state index contributed by atoms with van der Waals surface area (Å²) in [6.45, 7) is 3.50. The van der Waals surface area contributed by atoms with Gasteiger partial charge in [0.1, 0.15) is 5.82 Å². The van der Waals surface area contributed by atoms with Crippen LogP contribution in [0.5, 0.6) is 0 Å². The topological polar surface area (TPSA) is 37.3 Å². The third kappa shape index (κ3) is 1.86. The van der Waals surface area contributed by atoms with Crippen LogP contribution in [0.1, 0.15) is 28.4 Å². The second kappa shape index (κ2) is 3.56. The Hall–Kier alpha value is -1.38. The second-order valence-corrected chi connectivity index (χ2v) is 2.93. The maximum Gasteiger partial charge on any atom is 0.338 e. The van der Waals surface area contributed by atoms with Gasteiger partial charge in [-0.05, 0) is 30.5 Å². The summed E-state index contributed by atoms with van der Waals surface area (Å²) >= 11 is 0. The lowest BCUT2D eigenvalue weighted by molar-refractivity contribution is 0.0691. The molecule has 0 fully saturated rings. The SMILES string of the molecule is CCc1cc(C)c(C(=O)O)c(F)c1. The molecule has 13 heavy (non-hydrogen) atoms. The summed E-state index contributed by atoms with van der Waals surface area (Å²) in [5, 5.41) is 8.67. The van der Waals surface area contributed by atoms with Gasteiger partial charge in [0.05, 0.1) is 5.56 Å². The van der Waals surface area contributed by atoms with E-state index in [1.807, 2.05) is 6.92 Å². The number of aryl methyl sites for hydroxylation is 2. The fraction of sp³-hybridized carbons (Fsp3) is 0.300. The molecular formula is C10H11FO2. The number of hydrogen-bond donors (Lipinski definition) is 1.